The van der Waals surface area contributed by atoms with E-state index in [0.717, 1.165) is 34.3 Å². The van der Waals surface area contributed by atoms with Gasteiger partial charge in [0, 0.05) is 17.4 Å². The molecule has 2 heterocycles. The molecule has 0 unspecified atom stereocenters. The Morgan fingerprint density at radius 3 is 2.90 bits per heavy atom. The van der Waals surface area contributed by atoms with Crippen molar-refractivity contribution in [2.45, 2.75) is 32.6 Å². The number of anilines is 1. The zero-order chi connectivity index (χ0) is 13.8. The van der Waals surface area contributed by atoms with Gasteiger partial charge in [-0.15, -0.1) is 0 Å². The molecule has 20 heavy (non-hydrogen) atoms. The zero-order valence-corrected chi connectivity index (χ0v) is 11.8. The van der Waals surface area contributed by atoms with Crippen LogP contribution in [0.15, 0.2) is 30.6 Å². The molecule has 2 N–H and O–H groups in total. The van der Waals surface area contributed by atoms with Crippen LogP contribution < -0.4 is 5.32 Å². The van der Waals surface area contributed by atoms with Crippen molar-refractivity contribution in [1.29, 1.82) is 0 Å². The van der Waals surface area contributed by atoms with Gasteiger partial charge in [0.1, 0.15) is 17.4 Å². The quantitative estimate of drug-likeness (QED) is 0.662. The van der Waals surface area contributed by atoms with Crippen molar-refractivity contribution in [3.8, 4) is 0 Å². The topological polar surface area (TPSA) is 53.6 Å². The minimum absolute atomic E-state index is 0.905. The summed E-state index contributed by atoms with van der Waals surface area (Å²) in [7, 11) is 0. The molecule has 0 fully saturated rings. The summed E-state index contributed by atoms with van der Waals surface area (Å²) in [4.78, 5) is 12.2. The van der Waals surface area contributed by atoms with Gasteiger partial charge in [0.2, 0.25) is 0 Å². The van der Waals surface area contributed by atoms with Crippen LogP contribution in [0, 0.1) is 0 Å². The summed E-state index contributed by atoms with van der Waals surface area (Å²) in [6.07, 6.45) is 6.65. The Labute approximate surface area is 118 Å². The van der Waals surface area contributed by atoms with Gasteiger partial charge in [-0.2, -0.15) is 0 Å². The Morgan fingerprint density at radius 2 is 2.00 bits per heavy atom. The normalized spacial score (nSPS) is 11.2. The average Bonchev–Trinajstić information content (AvgIpc) is 2.87. The van der Waals surface area contributed by atoms with Gasteiger partial charge < -0.3 is 10.3 Å². The molecule has 0 bridgehead atoms. The van der Waals surface area contributed by atoms with Gasteiger partial charge in [0.05, 0.1) is 0 Å². The van der Waals surface area contributed by atoms with E-state index in [2.05, 4.69) is 39.3 Å². The Morgan fingerprint density at radius 1 is 1.10 bits per heavy atom. The minimum atomic E-state index is 0.905. The van der Waals surface area contributed by atoms with Crippen LogP contribution in [0.3, 0.4) is 0 Å². The number of aromatic nitrogens is 3. The van der Waals surface area contributed by atoms with Gasteiger partial charge in [-0.1, -0.05) is 44.4 Å². The maximum Gasteiger partial charge on any atom is 0.153 e. The molecule has 0 atom stereocenters. The van der Waals surface area contributed by atoms with Crippen LogP contribution >= 0.6 is 0 Å². The molecule has 0 aliphatic heterocycles. The first-order chi connectivity index (χ1) is 9.90. The third-order valence-corrected chi connectivity index (χ3v) is 3.61. The Kier molecular flexibility index (Phi) is 3.81. The van der Waals surface area contributed by atoms with Gasteiger partial charge in [-0.05, 0) is 12.5 Å². The molecule has 0 saturated heterocycles. The van der Waals surface area contributed by atoms with Crippen molar-refractivity contribution in [2.24, 2.45) is 0 Å². The number of fused-ring (bicyclic) bond motifs is 3. The summed E-state index contributed by atoms with van der Waals surface area (Å²) in [5.41, 5.74) is 3.10. The van der Waals surface area contributed by atoms with Crippen LogP contribution in [0.1, 0.15) is 32.6 Å². The summed E-state index contributed by atoms with van der Waals surface area (Å²) >= 11 is 0. The van der Waals surface area contributed by atoms with E-state index in [0.29, 0.717) is 0 Å². The zero-order valence-electron chi connectivity index (χ0n) is 11.8. The van der Waals surface area contributed by atoms with E-state index in [1.165, 1.54) is 25.7 Å². The number of hydrogen-bond donors (Lipinski definition) is 2. The number of nitrogens with zero attached hydrogens (tertiary/aromatic N) is 2. The molecule has 4 heteroatoms. The van der Waals surface area contributed by atoms with Crippen molar-refractivity contribution >= 4 is 27.8 Å². The van der Waals surface area contributed by atoms with E-state index < -0.39 is 0 Å². The number of aromatic amines is 1. The van der Waals surface area contributed by atoms with Crippen molar-refractivity contribution in [2.75, 3.05) is 11.9 Å². The highest BCUT2D eigenvalue weighted by Crippen LogP contribution is 2.26. The highest BCUT2D eigenvalue weighted by atomic mass is 15.0. The Hall–Kier alpha value is -2.10. The average molecular weight is 268 g/mol. The van der Waals surface area contributed by atoms with Crippen LogP contribution in [-0.2, 0) is 0 Å². The van der Waals surface area contributed by atoms with Crippen LogP contribution in [0.5, 0.6) is 0 Å². The van der Waals surface area contributed by atoms with Gasteiger partial charge in [0.15, 0.2) is 5.82 Å². The summed E-state index contributed by atoms with van der Waals surface area (Å²) in [5, 5.41) is 4.58. The highest BCUT2D eigenvalue weighted by Gasteiger charge is 2.09. The van der Waals surface area contributed by atoms with Crippen molar-refractivity contribution in [3.63, 3.8) is 0 Å². The molecule has 2 aromatic heterocycles. The SMILES string of the molecule is CCCCCCNc1ncnc2c1[nH]c1ccccc12. The largest absolute Gasteiger partial charge is 0.368 e. The maximum atomic E-state index is 4.41. The van der Waals surface area contributed by atoms with Gasteiger partial charge in [-0.25, -0.2) is 9.97 Å². The third kappa shape index (κ3) is 2.46. The molecule has 3 rings (SSSR count). The molecule has 1 aromatic carbocycles. The number of para-hydroxylation sites is 1. The van der Waals surface area contributed by atoms with E-state index in [4.69, 9.17) is 0 Å². The van der Waals surface area contributed by atoms with Crippen LogP contribution in [0.2, 0.25) is 0 Å². The molecule has 3 aromatic rings. The fourth-order valence-corrected chi connectivity index (χ4v) is 2.53. The second kappa shape index (κ2) is 5.90. The van der Waals surface area contributed by atoms with E-state index in [1.807, 2.05) is 12.1 Å². The summed E-state index contributed by atoms with van der Waals surface area (Å²) < 4.78 is 0. The fourth-order valence-electron chi connectivity index (χ4n) is 2.53. The predicted octanol–water partition coefficient (Wildman–Crippen LogP) is 4.10. The van der Waals surface area contributed by atoms with Crippen LogP contribution in [0.4, 0.5) is 5.82 Å². The summed E-state index contributed by atoms with van der Waals surface area (Å²) in [6.45, 7) is 3.19. The number of benzene rings is 1. The van der Waals surface area contributed by atoms with E-state index in [9.17, 15) is 0 Å². The third-order valence-electron chi connectivity index (χ3n) is 3.61. The second-order valence-electron chi connectivity index (χ2n) is 5.10. The fraction of sp³-hybridized carbons (Fsp3) is 0.375. The van der Waals surface area contributed by atoms with Crippen LogP contribution in [0.25, 0.3) is 21.9 Å². The van der Waals surface area contributed by atoms with Crippen molar-refractivity contribution in [1.82, 2.24) is 15.0 Å². The van der Waals surface area contributed by atoms with Crippen molar-refractivity contribution < 1.29 is 0 Å². The molecule has 4 nitrogen and oxygen atoms in total. The Balaban J connectivity index is 1.84. The molecule has 0 saturated carbocycles. The number of unbranched alkanes of at least 4 members (excludes halogenated alkanes) is 3. The molecule has 104 valence electrons. The lowest BCUT2D eigenvalue weighted by Gasteiger charge is -2.05. The molecular formula is C16H20N4. The number of nitrogens with one attached hydrogen (secondary N) is 2. The minimum Gasteiger partial charge on any atom is -0.368 e. The maximum absolute atomic E-state index is 4.41. The monoisotopic (exact) mass is 268 g/mol. The van der Waals surface area contributed by atoms with Gasteiger partial charge >= 0.3 is 0 Å². The highest BCUT2D eigenvalue weighted by molar-refractivity contribution is 6.07. The van der Waals surface area contributed by atoms with Gasteiger partial charge in [-0.3, -0.25) is 0 Å². The summed E-state index contributed by atoms with van der Waals surface area (Å²) in [6, 6.07) is 8.23. The first-order valence-electron chi connectivity index (χ1n) is 7.35. The Bertz CT molecular complexity index is 702. The number of H-pyrrole nitrogens is 1. The summed E-state index contributed by atoms with van der Waals surface area (Å²) in [5.74, 6) is 0.905. The smallest absolute Gasteiger partial charge is 0.153 e. The number of rotatable bonds is 6. The molecule has 0 spiro atoms. The lowest BCUT2D eigenvalue weighted by molar-refractivity contribution is 0.684. The first kappa shape index (κ1) is 12.9. The van der Waals surface area contributed by atoms with E-state index in [1.54, 1.807) is 6.33 Å². The molecule has 0 amide bonds. The molecular weight excluding hydrogens is 248 g/mol. The van der Waals surface area contributed by atoms with E-state index >= 15 is 0 Å². The van der Waals surface area contributed by atoms with E-state index in [-0.39, 0.29) is 0 Å². The molecule has 0 radical (unpaired) electrons. The molecule has 0 aliphatic rings. The predicted molar refractivity (Wildman–Crippen MR) is 84.0 cm³/mol. The first-order valence-corrected chi connectivity index (χ1v) is 7.35. The standard InChI is InChI=1S/C16H20N4/c1-2-3-4-7-10-17-16-15-14(18-11-19-16)12-8-5-6-9-13(12)20-15/h5-6,8-9,11,20H,2-4,7,10H2,1H3,(H,17,18,19). The lowest BCUT2D eigenvalue weighted by Crippen LogP contribution is -2.04. The lowest BCUT2D eigenvalue weighted by atomic mass is 10.2. The van der Waals surface area contributed by atoms with Crippen LogP contribution in [-0.4, -0.2) is 21.5 Å². The second-order valence-corrected chi connectivity index (χ2v) is 5.10. The van der Waals surface area contributed by atoms with Gasteiger partial charge in [0.25, 0.3) is 0 Å². The molecule has 0 aliphatic carbocycles. The van der Waals surface area contributed by atoms with Crippen molar-refractivity contribution in [3.05, 3.63) is 30.6 Å². The number of hydrogen-bond acceptors (Lipinski definition) is 3.